The van der Waals surface area contributed by atoms with Crippen molar-refractivity contribution in [2.75, 3.05) is 19.1 Å². The van der Waals surface area contributed by atoms with E-state index in [0.29, 0.717) is 37.7 Å². The van der Waals surface area contributed by atoms with Crippen LogP contribution in [0.2, 0.25) is 0 Å². The molecule has 166 valence electrons. The highest BCUT2D eigenvalue weighted by molar-refractivity contribution is 8.27. The van der Waals surface area contributed by atoms with E-state index in [1.54, 1.807) is 81.0 Å². The Morgan fingerprint density at radius 3 is 2.24 bits per heavy atom. The van der Waals surface area contributed by atoms with Crippen molar-refractivity contribution >= 4 is 51.9 Å². The van der Waals surface area contributed by atoms with E-state index in [1.165, 1.54) is 16.7 Å². The van der Waals surface area contributed by atoms with E-state index in [-0.39, 0.29) is 5.91 Å². The minimum absolute atomic E-state index is 0.218. The molecule has 6 nitrogen and oxygen atoms in total. The first kappa shape index (κ1) is 22.6. The maximum absolute atomic E-state index is 13.0. The first-order valence-electron chi connectivity index (χ1n) is 9.87. The molecule has 0 saturated carbocycles. The molecule has 4 rings (SSSR count). The highest BCUT2D eigenvalue weighted by Gasteiger charge is 2.34. The minimum Gasteiger partial charge on any atom is -0.497 e. The van der Waals surface area contributed by atoms with Gasteiger partial charge in [0.05, 0.1) is 30.4 Å². The number of anilines is 1. The molecule has 0 N–H and O–H groups in total. The van der Waals surface area contributed by atoms with E-state index in [1.807, 2.05) is 12.1 Å². The summed E-state index contributed by atoms with van der Waals surface area (Å²) in [7, 11) is 3.11. The number of rotatable bonds is 6. The molecule has 0 bridgehead atoms. The van der Waals surface area contributed by atoms with Gasteiger partial charge in [-0.25, -0.2) is 4.79 Å². The molecule has 0 aromatic heterocycles. The maximum atomic E-state index is 13.0. The Hall–Kier alpha value is -3.62. The fourth-order valence-electron chi connectivity index (χ4n) is 3.17. The van der Waals surface area contributed by atoms with Gasteiger partial charge in [0, 0.05) is 0 Å². The summed E-state index contributed by atoms with van der Waals surface area (Å²) >= 11 is 6.66. The first-order valence-corrected chi connectivity index (χ1v) is 11.1. The number of nitrogens with zero attached hydrogens (tertiary/aromatic N) is 1. The van der Waals surface area contributed by atoms with Gasteiger partial charge in [0.25, 0.3) is 5.91 Å². The fraction of sp³-hybridized carbons (Fsp3) is 0.0800. The van der Waals surface area contributed by atoms with Crippen LogP contribution >= 0.6 is 24.0 Å². The van der Waals surface area contributed by atoms with Crippen molar-refractivity contribution in [1.82, 2.24) is 0 Å². The topological polar surface area (TPSA) is 65.1 Å². The van der Waals surface area contributed by atoms with Gasteiger partial charge in [-0.15, -0.1) is 0 Å². The predicted molar refractivity (Wildman–Crippen MR) is 133 cm³/mol. The number of methoxy groups -OCH3 is 2. The summed E-state index contributed by atoms with van der Waals surface area (Å²) in [6.07, 6.45) is 1.75. The molecule has 0 atom stereocenters. The number of hydrogen-bond acceptors (Lipinski definition) is 7. The second kappa shape index (κ2) is 9.89. The molecule has 1 aliphatic heterocycles. The van der Waals surface area contributed by atoms with Gasteiger partial charge in [-0.2, -0.15) is 0 Å². The van der Waals surface area contributed by atoms with Crippen LogP contribution < -0.4 is 19.1 Å². The Labute approximate surface area is 200 Å². The molecular weight excluding hydrogens is 458 g/mol. The van der Waals surface area contributed by atoms with Gasteiger partial charge in [-0.05, 0) is 60.2 Å². The quantitative estimate of drug-likeness (QED) is 0.206. The lowest BCUT2D eigenvalue weighted by Crippen LogP contribution is -2.27. The zero-order chi connectivity index (χ0) is 23.4. The SMILES string of the molecule is COc1ccc(C(=O)Oc2ccc(C=C3SC(=S)N(c4ccccc4OC)C3=O)cc2)cc1. The van der Waals surface area contributed by atoms with Crippen LogP contribution in [0.4, 0.5) is 5.69 Å². The summed E-state index contributed by atoms with van der Waals surface area (Å²) in [5.41, 5.74) is 1.80. The number of esters is 1. The van der Waals surface area contributed by atoms with Gasteiger partial charge in [0.1, 0.15) is 17.2 Å². The monoisotopic (exact) mass is 477 g/mol. The normalized spacial score (nSPS) is 14.5. The maximum Gasteiger partial charge on any atom is 0.343 e. The molecule has 1 aliphatic rings. The molecule has 1 amide bonds. The van der Waals surface area contributed by atoms with Crippen molar-refractivity contribution in [2.24, 2.45) is 0 Å². The summed E-state index contributed by atoms with van der Waals surface area (Å²) in [6, 6.07) is 20.8. The number of ether oxygens (including phenoxy) is 3. The number of amides is 1. The van der Waals surface area contributed by atoms with Crippen LogP contribution in [0.3, 0.4) is 0 Å². The zero-order valence-corrected chi connectivity index (χ0v) is 19.4. The van der Waals surface area contributed by atoms with Gasteiger partial charge < -0.3 is 14.2 Å². The van der Waals surface area contributed by atoms with Crippen molar-refractivity contribution in [3.8, 4) is 17.2 Å². The van der Waals surface area contributed by atoms with E-state index in [0.717, 1.165) is 5.56 Å². The third kappa shape index (κ3) is 4.92. The third-order valence-corrected chi connectivity index (χ3v) is 6.14. The smallest absolute Gasteiger partial charge is 0.343 e. The Balaban J connectivity index is 1.48. The number of thiocarbonyl (C=S) groups is 1. The molecule has 0 radical (unpaired) electrons. The molecule has 1 heterocycles. The zero-order valence-electron chi connectivity index (χ0n) is 17.8. The number of carbonyl (C=O) groups excluding carboxylic acids is 2. The lowest BCUT2D eigenvalue weighted by Gasteiger charge is -2.17. The molecule has 1 fully saturated rings. The second-order valence-electron chi connectivity index (χ2n) is 6.88. The van der Waals surface area contributed by atoms with E-state index in [4.69, 9.17) is 26.4 Å². The molecule has 0 spiro atoms. The minimum atomic E-state index is -0.469. The summed E-state index contributed by atoms with van der Waals surface area (Å²) in [4.78, 5) is 27.3. The summed E-state index contributed by atoms with van der Waals surface area (Å²) < 4.78 is 16.3. The largest absolute Gasteiger partial charge is 0.497 e. The van der Waals surface area contributed by atoms with Gasteiger partial charge in [-0.1, -0.05) is 48.2 Å². The van der Waals surface area contributed by atoms with E-state index in [2.05, 4.69) is 0 Å². The highest BCUT2D eigenvalue weighted by Crippen LogP contribution is 2.39. The van der Waals surface area contributed by atoms with Crippen LogP contribution in [0.5, 0.6) is 17.2 Å². The highest BCUT2D eigenvalue weighted by atomic mass is 32.2. The molecule has 0 unspecified atom stereocenters. The molecule has 3 aromatic rings. The van der Waals surface area contributed by atoms with E-state index < -0.39 is 5.97 Å². The van der Waals surface area contributed by atoms with Gasteiger partial charge in [0.2, 0.25) is 0 Å². The number of hydrogen-bond donors (Lipinski definition) is 0. The van der Waals surface area contributed by atoms with Crippen LogP contribution in [0.25, 0.3) is 6.08 Å². The molecule has 33 heavy (non-hydrogen) atoms. The third-order valence-electron chi connectivity index (χ3n) is 4.83. The Morgan fingerprint density at radius 2 is 1.58 bits per heavy atom. The predicted octanol–water partition coefficient (Wildman–Crippen LogP) is 5.33. The second-order valence-corrected chi connectivity index (χ2v) is 8.55. The molecule has 1 saturated heterocycles. The van der Waals surface area contributed by atoms with E-state index in [9.17, 15) is 9.59 Å². The Bertz CT molecular complexity index is 1240. The molecular formula is C25H19NO5S2. The number of thioether (sulfide) groups is 1. The van der Waals surface area contributed by atoms with Crippen molar-refractivity contribution < 1.29 is 23.8 Å². The number of para-hydroxylation sites is 2. The Morgan fingerprint density at radius 1 is 0.909 bits per heavy atom. The van der Waals surface area contributed by atoms with Crippen molar-refractivity contribution in [3.63, 3.8) is 0 Å². The van der Waals surface area contributed by atoms with Gasteiger partial charge in [-0.3, -0.25) is 9.69 Å². The Kier molecular flexibility index (Phi) is 6.76. The lowest BCUT2D eigenvalue weighted by molar-refractivity contribution is -0.113. The van der Waals surface area contributed by atoms with Crippen LogP contribution in [0, 0.1) is 0 Å². The number of benzene rings is 3. The van der Waals surface area contributed by atoms with Crippen molar-refractivity contribution in [3.05, 3.63) is 88.8 Å². The van der Waals surface area contributed by atoms with Crippen LogP contribution in [0.1, 0.15) is 15.9 Å². The fourth-order valence-corrected chi connectivity index (χ4v) is 4.45. The average Bonchev–Trinajstić information content (AvgIpc) is 3.12. The van der Waals surface area contributed by atoms with Crippen molar-refractivity contribution in [1.29, 1.82) is 0 Å². The van der Waals surface area contributed by atoms with Crippen molar-refractivity contribution in [2.45, 2.75) is 0 Å². The molecule has 8 heteroatoms. The van der Waals surface area contributed by atoms with E-state index >= 15 is 0 Å². The average molecular weight is 478 g/mol. The summed E-state index contributed by atoms with van der Waals surface area (Å²) in [5, 5.41) is 0. The summed E-state index contributed by atoms with van der Waals surface area (Å²) in [5.74, 6) is 0.937. The van der Waals surface area contributed by atoms with Gasteiger partial charge >= 0.3 is 5.97 Å². The standard InChI is InChI=1S/C25H19NO5S2/c1-29-18-13-9-17(10-14-18)24(28)31-19-11-7-16(8-12-19)15-22-23(27)26(25(32)33-22)20-5-3-4-6-21(20)30-2/h3-15H,1-2H3. The van der Waals surface area contributed by atoms with Crippen LogP contribution in [-0.2, 0) is 4.79 Å². The van der Waals surface area contributed by atoms with Crippen LogP contribution in [-0.4, -0.2) is 30.4 Å². The number of carbonyl (C=O) groups is 2. The first-order chi connectivity index (χ1) is 16.0. The summed E-state index contributed by atoms with van der Waals surface area (Å²) in [6.45, 7) is 0. The van der Waals surface area contributed by atoms with Gasteiger partial charge in [0.15, 0.2) is 4.32 Å². The lowest BCUT2D eigenvalue weighted by atomic mass is 10.2. The molecule has 3 aromatic carbocycles. The molecule has 0 aliphatic carbocycles. The van der Waals surface area contributed by atoms with Crippen LogP contribution in [0.15, 0.2) is 77.7 Å².